The predicted molar refractivity (Wildman–Crippen MR) is 83.7 cm³/mol. The Labute approximate surface area is 128 Å². The molecule has 1 aromatic carbocycles. The van der Waals surface area contributed by atoms with Crippen LogP contribution in [0.2, 0.25) is 0 Å². The average molecular weight is 299 g/mol. The van der Waals surface area contributed by atoms with Crippen molar-refractivity contribution in [2.75, 3.05) is 23.8 Å². The average Bonchev–Trinajstić information content (AvgIpc) is 2.55. The smallest absolute Gasteiger partial charge is 0.335 e. The number of pyridine rings is 1. The summed E-state index contributed by atoms with van der Waals surface area (Å²) in [7, 11) is 0. The van der Waals surface area contributed by atoms with Crippen LogP contribution in [0.1, 0.15) is 28.9 Å². The standard InChI is InChI=1S/C16H17N3O3/c1-10(11-2-4-12(5-3-11)16(20)21)19-15-14-13(6-7-18-15)22-9-8-17-14/h2-7,10,17H,8-9H2,1H3,(H,18,19)(H,20,21)/t10-/m0/s1. The molecule has 6 heteroatoms. The van der Waals surface area contributed by atoms with Crippen molar-refractivity contribution in [3.8, 4) is 5.75 Å². The lowest BCUT2D eigenvalue weighted by Gasteiger charge is -2.23. The molecular formula is C16H17N3O3. The van der Waals surface area contributed by atoms with E-state index in [1.165, 1.54) is 0 Å². The zero-order valence-corrected chi connectivity index (χ0v) is 12.2. The summed E-state index contributed by atoms with van der Waals surface area (Å²) in [5.41, 5.74) is 2.13. The van der Waals surface area contributed by atoms with Gasteiger partial charge in [0.2, 0.25) is 0 Å². The van der Waals surface area contributed by atoms with Gasteiger partial charge >= 0.3 is 5.97 Å². The molecule has 1 aliphatic rings. The minimum atomic E-state index is -0.924. The van der Waals surface area contributed by atoms with Gasteiger partial charge in [0, 0.05) is 18.8 Å². The van der Waals surface area contributed by atoms with E-state index in [4.69, 9.17) is 9.84 Å². The van der Waals surface area contributed by atoms with E-state index in [9.17, 15) is 4.79 Å². The van der Waals surface area contributed by atoms with E-state index in [0.717, 1.165) is 29.4 Å². The highest BCUT2D eigenvalue weighted by molar-refractivity contribution is 5.87. The number of nitrogens with one attached hydrogen (secondary N) is 2. The monoisotopic (exact) mass is 299 g/mol. The van der Waals surface area contributed by atoms with Gasteiger partial charge in [0.05, 0.1) is 11.6 Å². The van der Waals surface area contributed by atoms with Gasteiger partial charge in [-0.05, 0) is 24.6 Å². The number of carboxylic acids is 1. The van der Waals surface area contributed by atoms with E-state index in [2.05, 4.69) is 15.6 Å². The number of hydrogen-bond acceptors (Lipinski definition) is 5. The van der Waals surface area contributed by atoms with Crippen molar-refractivity contribution in [1.82, 2.24) is 4.98 Å². The van der Waals surface area contributed by atoms with Gasteiger partial charge < -0.3 is 20.5 Å². The summed E-state index contributed by atoms with van der Waals surface area (Å²) >= 11 is 0. The largest absolute Gasteiger partial charge is 0.489 e. The van der Waals surface area contributed by atoms with Crippen LogP contribution >= 0.6 is 0 Å². The Morgan fingerprint density at radius 3 is 2.86 bits per heavy atom. The molecule has 1 aromatic heterocycles. The van der Waals surface area contributed by atoms with Crippen LogP contribution in [0.25, 0.3) is 0 Å². The molecule has 0 unspecified atom stereocenters. The predicted octanol–water partition coefficient (Wildman–Crippen LogP) is 2.76. The van der Waals surface area contributed by atoms with Crippen LogP contribution < -0.4 is 15.4 Å². The van der Waals surface area contributed by atoms with Crippen molar-refractivity contribution in [2.45, 2.75) is 13.0 Å². The second kappa shape index (κ2) is 5.93. The van der Waals surface area contributed by atoms with E-state index >= 15 is 0 Å². The quantitative estimate of drug-likeness (QED) is 0.805. The molecular weight excluding hydrogens is 282 g/mol. The van der Waals surface area contributed by atoms with Gasteiger partial charge in [0.15, 0.2) is 5.82 Å². The molecule has 0 fully saturated rings. The first-order chi connectivity index (χ1) is 10.6. The summed E-state index contributed by atoms with van der Waals surface area (Å²) in [4.78, 5) is 15.2. The number of benzene rings is 1. The summed E-state index contributed by atoms with van der Waals surface area (Å²) in [6.45, 7) is 3.39. The maximum absolute atomic E-state index is 10.9. The normalized spacial score (nSPS) is 14.2. The lowest BCUT2D eigenvalue weighted by Crippen LogP contribution is -2.20. The number of fused-ring (bicyclic) bond motifs is 1. The van der Waals surface area contributed by atoms with Gasteiger partial charge in [0.1, 0.15) is 18.0 Å². The van der Waals surface area contributed by atoms with Crippen LogP contribution in [0.3, 0.4) is 0 Å². The van der Waals surface area contributed by atoms with E-state index < -0.39 is 5.97 Å². The topological polar surface area (TPSA) is 83.5 Å². The summed E-state index contributed by atoms with van der Waals surface area (Å²) in [6, 6.07) is 8.64. The number of ether oxygens (including phenoxy) is 1. The third kappa shape index (κ3) is 2.81. The van der Waals surface area contributed by atoms with Crippen molar-refractivity contribution in [1.29, 1.82) is 0 Å². The number of anilines is 2. The van der Waals surface area contributed by atoms with Crippen LogP contribution in [-0.4, -0.2) is 29.2 Å². The molecule has 2 aromatic rings. The highest BCUT2D eigenvalue weighted by Gasteiger charge is 2.16. The maximum Gasteiger partial charge on any atom is 0.335 e. The summed E-state index contributed by atoms with van der Waals surface area (Å²) in [5, 5.41) is 15.6. The van der Waals surface area contributed by atoms with Crippen LogP contribution in [0.15, 0.2) is 36.5 Å². The summed E-state index contributed by atoms with van der Waals surface area (Å²) in [6.07, 6.45) is 1.70. The van der Waals surface area contributed by atoms with Crippen molar-refractivity contribution in [2.24, 2.45) is 0 Å². The number of aromatic carboxylic acids is 1. The first kappa shape index (κ1) is 14.2. The van der Waals surface area contributed by atoms with Crippen molar-refractivity contribution < 1.29 is 14.6 Å². The Bertz CT molecular complexity index is 686. The molecule has 114 valence electrons. The van der Waals surface area contributed by atoms with E-state index in [1.807, 2.05) is 13.0 Å². The number of carbonyl (C=O) groups is 1. The Morgan fingerprint density at radius 1 is 1.36 bits per heavy atom. The molecule has 3 N–H and O–H groups in total. The summed E-state index contributed by atoms with van der Waals surface area (Å²) < 4.78 is 5.59. The minimum Gasteiger partial charge on any atom is -0.489 e. The lowest BCUT2D eigenvalue weighted by molar-refractivity contribution is 0.0697. The first-order valence-electron chi connectivity index (χ1n) is 7.10. The number of aromatic nitrogens is 1. The van der Waals surface area contributed by atoms with E-state index in [-0.39, 0.29) is 11.6 Å². The minimum absolute atomic E-state index is 0.00873. The molecule has 2 heterocycles. The number of carboxylic acid groups (broad SMARTS) is 1. The number of nitrogens with zero attached hydrogens (tertiary/aromatic N) is 1. The second-order valence-electron chi connectivity index (χ2n) is 5.10. The van der Waals surface area contributed by atoms with Gasteiger partial charge in [-0.3, -0.25) is 0 Å². The van der Waals surface area contributed by atoms with Crippen molar-refractivity contribution >= 4 is 17.5 Å². The Morgan fingerprint density at radius 2 is 2.14 bits per heavy atom. The maximum atomic E-state index is 10.9. The molecule has 0 bridgehead atoms. The number of rotatable bonds is 4. The molecule has 22 heavy (non-hydrogen) atoms. The van der Waals surface area contributed by atoms with E-state index in [1.54, 1.807) is 30.5 Å². The SMILES string of the molecule is C[C@H](Nc1nccc2c1NCCO2)c1ccc(C(=O)O)cc1. The molecule has 0 amide bonds. The highest BCUT2D eigenvalue weighted by Crippen LogP contribution is 2.34. The Balaban J connectivity index is 1.79. The second-order valence-corrected chi connectivity index (χ2v) is 5.10. The van der Waals surface area contributed by atoms with Crippen molar-refractivity contribution in [3.63, 3.8) is 0 Å². The van der Waals surface area contributed by atoms with Gasteiger partial charge in [-0.2, -0.15) is 0 Å². The van der Waals surface area contributed by atoms with Crippen molar-refractivity contribution in [3.05, 3.63) is 47.7 Å². The lowest BCUT2D eigenvalue weighted by atomic mass is 10.1. The molecule has 0 spiro atoms. The fraction of sp³-hybridized carbons (Fsp3) is 0.250. The van der Waals surface area contributed by atoms with Crippen LogP contribution in [0.5, 0.6) is 5.75 Å². The van der Waals surface area contributed by atoms with Gasteiger partial charge in [-0.15, -0.1) is 0 Å². The molecule has 0 aliphatic carbocycles. The zero-order chi connectivity index (χ0) is 15.5. The van der Waals surface area contributed by atoms with Gasteiger partial charge in [0.25, 0.3) is 0 Å². The van der Waals surface area contributed by atoms with Gasteiger partial charge in [-0.1, -0.05) is 12.1 Å². The molecule has 1 atom stereocenters. The zero-order valence-electron chi connectivity index (χ0n) is 12.2. The van der Waals surface area contributed by atoms with Gasteiger partial charge in [-0.25, -0.2) is 9.78 Å². The Kier molecular flexibility index (Phi) is 3.82. The fourth-order valence-corrected chi connectivity index (χ4v) is 2.38. The number of hydrogen-bond donors (Lipinski definition) is 3. The third-order valence-corrected chi connectivity index (χ3v) is 3.59. The van der Waals surface area contributed by atoms with Crippen LogP contribution in [0, 0.1) is 0 Å². The molecule has 6 nitrogen and oxygen atoms in total. The fourth-order valence-electron chi connectivity index (χ4n) is 2.38. The Hall–Kier alpha value is -2.76. The van der Waals surface area contributed by atoms with Crippen LogP contribution in [-0.2, 0) is 0 Å². The van der Waals surface area contributed by atoms with Crippen LogP contribution in [0.4, 0.5) is 11.5 Å². The van der Waals surface area contributed by atoms with E-state index in [0.29, 0.717) is 6.61 Å². The summed E-state index contributed by atoms with van der Waals surface area (Å²) in [5.74, 6) is 0.594. The highest BCUT2D eigenvalue weighted by atomic mass is 16.5. The third-order valence-electron chi connectivity index (χ3n) is 3.59. The first-order valence-corrected chi connectivity index (χ1v) is 7.10. The molecule has 0 radical (unpaired) electrons. The molecule has 3 rings (SSSR count). The molecule has 0 saturated heterocycles. The molecule has 0 saturated carbocycles. The molecule has 1 aliphatic heterocycles.